The van der Waals surface area contributed by atoms with E-state index in [0.29, 0.717) is 25.9 Å². The first kappa shape index (κ1) is 27.5. The lowest BCUT2D eigenvalue weighted by Crippen LogP contribution is -2.64. The molecule has 0 saturated heterocycles. The van der Waals surface area contributed by atoms with Crippen LogP contribution in [0.25, 0.3) is 0 Å². The number of carbonyl (C=O) groups is 3. The second-order valence-corrected chi connectivity index (χ2v) is 10.6. The Hall–Kier alpha value is -1.73. The second kappa shape index (κ2) is 10.3. The molecular formula is C26H43NO6. The topological polar surface area (TPSA) is 104 Å². The summed E-state index contributed by atoms with van der Waals surface area (Å²) in [4.78, 5) is 41.2. The zero-order valence-electron chi connectivity index (χ0n) is 21.2. The number of hydrogen-bond donors (Lipinski definition) is 2. The number of rotatable bonds is 8. The quantitative estimate of drug-likeness (QED) is 0.422. The molecule has 2 N–H and O–H groups in total. The van der Waals surface area contributed by atoms with Gasteiger partial charge in [-0.3, -0.25) is 9.59 Å². The lowest BCUT2D eigenvalue weighted by atomic mass is 9.46. The summed E-state index contributed by atoms with van der Waals surface area (Å²) in [5.74, 6) is -1.30. The number of ketones is 1. The Morgan fingerprint density at radius 1 is 1.24 bits per heavy atom. The zero-order chi connectivity index (χ0) is 25.2. The van der Waals surface area contributed by atoms with Crippen molar-refractivity contribution in [3.05, 3.63) is 12.7 Å². The van der Waals surface area contributed by atoms with Gasteiger partial charge in [0.25, 0.3) is 0 Å². The van der Waals surface area contributed by atoms with Crippen LogP contribution in [0.5, 0.6) is 0 Å². The number of hydrogen-bond acceptors (Lipinski definition) is 6. The number of ether oxygens (including phenoxy) is 1. The summed E-state index contributed by atoms with van der Waals surface area (Å²) >= 11 is 0. The van der Waals surface area contributed by atoms with Gasteiger partial charge in [-0.25, -0.2) is 4.79 Å². The third-order valence-corrected chi connectivity index (χ3v) is 9.07. The van der Waals surface area contributed by atoms with Gasteiger partial charge in [-0.15, -0.1) is 6.58 Å². The Morgan fingerprint density at radius 3 is 2.36 bits per heavy atom. The van der Waals surface area contributed by atoms with Crippen LogP contribution in [0.2, 0.25) is 0 Å². The minimum Gasteiger partial charge on any atom is -0.460 e. The van der Waals surface area contributed by atoms with Crippen molar-refractivity contribution < 1.29 is 29.3 Å². The minimum atomic E-state index is -1.00. The molecule has 2 aliphatic carbocycles. The highest BCUT2D eigenvalue weighted by Gasteiger charge is 2.64. The molecule has 1 amide bonds. The van der Waals surface area contributed by atoms with Crippen LogP contribution in [-0.4, -0.2) is 64.7 Å². The molecule has 2 aliphatic rings. The molecule has 2 rings (SSSR count). The monoisotopic (exact) mass is 465 g/mol. The Bertz CT molecular complexity index is 764. The number of esters is 1. The Morgan fingerprint density at radius 2 is 1.85 bits per heavy atom. The summed E-state index contributed by atoms with van der Waals surface area (Å²) in [5.41, 5.74) is -2.73. The maximum Gasteiger partial charge on any atom is 0.332 e. The van der Waals surface area contributed by atoms with Gasteiger partial charge in [-0.05, 0) is 58.3 Å². The standard InChI is InChI=1S/C26H43NO6/c1-8-24(6)15-19(33-21(30)16-28)25(7)17(4)11-13-26(23(25)32,18(5)22(24)31)14-12-20(29)27(9-2)10-3/h8,17-19,22,28,31H,1,9-16H2,2-7H3/t17?,18-,19+,22-,24+,25-,26-/m0/s1. The van der Waals surface area contributed by atoms with E-state index in [2.05, 4.69) is 6.58 Å². The molecule has 2 saturated carbocycles. The first-order valence-corrected chi connectivity index (χ1v) is 12.3. The van der Waals surface area contributed by atoms with Crippen LogP contribution in [0.1, 0.15) is 73.6 Å². The van der Waals surface area contributed by atoms with E-state index >= 15 is 0 Å². The molecule has 7 nitrogen and oxygen atoms in total. The summed E-state index contributed by atoms with van der Waals surface area (Å²) in [6.45, 7) is 15.9. The van der Waals surface area contributed by atoms with Gasteiger partial charge in [0, 0.05) is 30.3 Å². The van der Waals surface area contributed by atoms with Crippen molar-refractivity contribution >= 4 is 17.7 Å². The van der Waals surface area contributed by atoms with Gasteiger partial charge < -0.3 is 19.8 Å². The van der Waals surface area contributed by atoms with E-state index in [4.69, 9.17) is 4.74 Å². The Kier molecular flexibility index (Phi) is 8.56. The highest BCUT2D eigenvalue weighted by atomic mass is 16.6. The maximum absolute atomic E-state index is 14.4. The molecule has 0 spiro atoms. The lowest BCUT2D eigenvalue weighted by molar-refractivity contribution is -0.193. The molecule has 33 heavy (non-hydrogen) atoms. The van der Waals surface area contributed by atoms with Crippen molar-refractivity contribution in [2.75, 3.05) is 19.7 Å². The van der Waals surface area contributed by atoms with E-state index in [1.165, 1.54) is 0 Å². The second-order valence-electron chi connectivity index (χ2n) is 10.6. The molecule has 0 radical (unpaired) electrons. The predicted octanol–water partition coefficient (Wildman–Crippen LogP) is 3.12. The van der Waals surface area contributed by atoms with Crippen molar-refractivity contribution in [1.29, 1.82) is 0 Å². The van der Waals surface area contributed by atoms with Gasteiger partial charge in [0.05, 0.1) is 11.5 Å². The fraction of sp³-hybridized carbons (Fsp3) is 0.808. The van der Waals surface area contributed by atoms with Gasteiger partial charge >= 0.3 is 5.97 Å². The smallest absolute Gasteiger partial charge is 0.332 e. The summed E-state index contributed by atoms with van der Waals surface area (Å²) in [7, 11) is 0. The largest absolute Gasteiger partial charge is 0.460 e. The summed E-state index contributed by atoms with van der Waals surface area (Å²) in [5, 5.41) is 20.9. The Balaban J connectivity index is 2.61. The fourth-order valence-corrected chi connectivity index (χ4v) is 6.25. The first-order valence-electron chi connectivity index (χ1n) is 12.3. The number of Topliss-reactive ketones (excluding diaryl/α,β-unsaturated/α-hetero) is 1. The van der Waals surface area contributed by atoms with Crippen LogP contribution in [0.15, 0.2) is 12.7 Å². The van der Waals surface area contributed by atoms with E-state index in [1.54, 1.807) is 11.0 Å². The highest BCUT2D eigenvalue weighted by molar-refractivity contribution is 5.93. The highest BCUT2D eigenvalue weighted by Crippen LogP contribution is 2.59. The number of nitrogens with zero attached hydrogens (tertiary/aromatic N) is 1. The van der Waals surface area contributed by atoms with Crippen molar-refractivity contribution in [3.8, 4) is 0 Å². The average molecular weight is 466 g/mol. The van der Waals surface area contributed by atoms with Crippen LogP contribution in [-0.2, 0) is 19.1 Å². The molecule has 0 heterocycles. The van der Waals surface area contributed by atoms with Crippen molar-refractivity contribution in [2.45, 2.75) is 85.9 Å². The van der Waals surface area contributed by atoms with Crippen LogP contribution >= 0.6 is 0 Å². The van der Waals surface area contributed by atoms with Gasteiger partial charge in [0.2, 0.25) is 5.91 Å². The summed E-state index contributed by atoms with van der Waals surface area (Å²) < 4.78 is 5.69. The number of carbonyl (C=O) groups excluding carboxylic acids is 3. The van der Waals surface area contributed by atoms with Crippen LogP contribution in [0, 0.1) is 28.1 Å². The maximum atomic E-state index is 14.4. The Labute approximate surface area is 198 Å². The van der Waals surface area contributed by atoms with E-state index in [-0.39, 0.29) is 30.4 Å². The van der Waals surface area contributed by atoms with Crippen LogP contribution in [0.4, 0.5) is 0 Å². The number of amides is 1. The molecule has 1 unspecified atom stereocenters. The van der Waals surface area contributed by atoms with E-state index in [9.17, 15) is 24.6 Å². The van der Waals surface area contributed by atoms with Gasteiger partial charge in [-0.2, -0.15) is 0 Å². The van der Waals surface area contributed by atoms with E-state index < -0.39 is 46.9 Å². The van der Waals surface area contributed by atoms with Gasteiger partial charge in [0.15, 0.2) is 0 Å². The van der Waals surface area contributed by atoms with Crippen molar-refractivity contribution in [2.24, 2.45) is 28.1 Å². The molecule has 7 atom stereocenters. The molecule has 0 aromatic rings. The lowest BCUT2D eigenvalue weighted by Gasteiger charge is -2.58. The minimum absolute atomic E-state index is 0.000917. The fourth-order valence-electron chi connectivity index (χ4n) is 6.25. The van der Waals surface area contributed by atoms with Gasteiger partial charge in [0.1, 0.15) is 18.5 Å². The summed E-state index contributed by atoms with van der Waals surface area (Å²) in [6.07, 6.45) is 2.04. The third-order valence-electron chi connectivity index (χ3n) is 9.07. The molecule has 7 heteroatoms. The van der Waals surface area contributed by atoms with Crippen LogP contribution in [0.3, 0.4) is 0 Å². The normalized spacial score (nSPS) is 38.7. The molecule has 188 valence electrons. The van der Waals surface area contributed by atoms with Crippen molar-refractivity contribution in [3.63, 3.8) is 0 Å². The molecule has 0 aromatic carbocycles. The van der Waals surface area contributed by atoms with Gasteiger partial charge in [-0.1, -0.05) is 26.8 Å². The predicted molar refractivity (Wildman–Crippen MR) is 126 cm³/mol. The average Bonchev–Trinajstić information content (AvgIpc) is 2.81. The first-order chi connectivity index (χ1) is 15.4. The SMILES string of the molecule is C=C[C@]1(C)C[C@@H](OC(=O)CO)[C@@]2(C)C(=O)[C@](CCC(=O)N(CC)CC)(CCC2C)[C@@H](C)[C@@H]1O. The molecule has 2 fully saturated rings. The summed E-state index contributed by atoms with van der Waals surface area (Å²) in [6, 6.07) is 0. The molecular weight excluding hydrogens is 422 g/mol. The van der Waals surface area contributed by atoms with E-state index in [0.717, 1.165) is 6.42 Å². The molecule has 2 bridgehead atoms. The zero-order valence-corrected chi connectivity index (χ0v) is 21.2. The number of aliphatic hydroxyl groups excluding tert-OH is 2. The third kappa shape index (κ3) is 4.63. The van der Waals surface area contributed by atoms with Crippen LogP contribution < -0.4 is 0 Å². The number of aliphatic hydroxyl groups is 2. The van der Waals surface area contributed by atoms with E-state index in [1.807, 2.05) is 41.5 Å². The van der Waals surface area contributed by atoms with Crippen molar-refractivity contribution in [1.82, 2.24) is 4.90 Å². The molecule has 0 aliphatic heterocycles. The number of fused-ring (bicyclic) bond motifs is 2. The molecule has 0 aromatic heterocycles.